The second-order valence-electron chi connectivity index (χ2n) is 7.11. The Hall–Kier alpha value is -2.82. The van der Waals surface area contributed by atoms with Gasteiger partial charge in [-0.25, -0.2) is 26.3 Å². The number of hydrogen-bond acceptors (Lipinski definition) is 7. The molecule has 3 amide bonds. The lowest BCUT2D eigenvalue weighted by atomic mass is 9.98. The van der Waals surface area contributed by atoms with Crippen molar-refractivity contribution in [3.05, 3.63) is 23.8 Å². The standard InChI is InChI=1S/C17H20F2N6O4S/c1-8-10(5-20)6-21-16(23-8)9(2)22-13(26)7-25-17(27)24-12-4-3-11(18)14(19)15(12)30(25,28)29/h3-4,8-10,16,21,23H,6-7H2,1-2H3,(H,22,26)(H,24,27)/t8?,9-,10?,16?/m0/s1. The van der Waals surface area contributed by atoms with Gasteiger partial charge < -0.3 is 10.6 Å². The van der Waals surface area contributed by atoms with E-state index in [1.54, 1.807) is 6.92 Å². The molecular formula is C17H20F2N6O4S. The van der Waals surface area contributed by atoms with Crippen LogP contribution in [0.4, 0.5) is 19.3 Å². The largest absolute Gasteiger partial charge is 0.349 e. The lowest BCUT2D eigenvalue weighted by Gasteiger charge is -2.37. The minimum absolute atomic E-state index is 0.136. The Labute approximate surface area is 171 Å². The summed E-state index contributed by atoms with van der Waals surface area (Å²) < 4.78 is 53.1. The number of fused-ring (bicyclic) bond motifs is 1. The van der Waals surface area contributed by atoms with Gasteiger partial charge in [-0.2, -0.15) is 5.26 Å². The highest BCUT2D eigenvalue weighted by molar-refractivity contribution is 7.90. The first-order valence-electron chi connectivity index (χ1n) is 9.06. The van der Waals surface area contributed by atoms with Crippen LogP contribution >= 0.6 is 0 Å². The van der Waals surface area contributed by atoms with Gasteiger partial charge in [0.05, 0.1) is 29.9 Å². The van der Waals surface area contributed by atoms with Crippen molar-refractivity contribution in [1.29, 1.82) is 5.26 Å². The molecule has 3 unspecified atom stereocenters. The normalized spacial score (nSPS) is 26.2. The molecule has 30 heavy (non-hydrogen) atoms. The zero-order valence-corrected chi connectivity index (χ0v) is 16.9. The summed E-state index contributed by atoms with van der Waals surface area (Å²) in [6.07, 6.45) is -0.396. The van der Waals surface area contributed by atoms with E-state index in [0.717, 1.165) is 6.07 Å². The van der Waals surface area contributed by atoms with Crippen molar-refractivity contribution >= 4 is 27.6 Å². The van der Waals surface area contributed by atoms with Gasteiger partial charge in [-0.1, -0.05) is 0 Å². The highest BCUT2D eigenvalue weighted by Gasteiger charge is 2.41. The summed E-state index contributed by atoms with van der Waals surface area (Å²) in [4.78, 5) is 23.5. The number of carbonyl (C=O) groups is 2. The van der Waals surface area contributed by atoms with Gasteiger partial charge in [-0.15, -0.1) is 0 Å². The van der Waals surface area contributed by atoms with Gasteiger partial charge in [0.25, 0.3) is 10.0 Å². The van der Waals surface area contributed by atoms with Crippen LogP contribution in [0.15, 0.2) is 17.0 Å². The number of sulfonamides is 1. The third-order valence-electron chi connectivity index (χ3n) is 5.01. The van der Waals surface area contributed by atoms with E-state index in [2.05, 4.69) is 27.3 Å². The quantitative estimate of drug-likeness (QED) is 0.516. The molecule has 10 nitrogen and oxygen atoms in total. The smallest absolute Gasteiger partial charge is 0.336 e. The topological polar surface area (TPSA) is 143 Å². The third-order valence-corrected chi connectivity index (χ3v) is 6.80. The average Bonchev–Trinajstić information content (AvgIpc) is 2.67. The van der Waals surface area contributed by atoms with Crippen molar-refractivity contribution in [2.24, 2.45) is 5.92 Å². The van der Waals surface area contributed by atoms with E-state index in [-0.39, 0.29) is 16.3 Å². The summed E-state index contributed by atoms with van der Waals surface area (Å²) in [5.74, 6) is -4.10. The summed E-state index contributed by atoms with van der Waals surface area (Å²) in [6.45, 7) is 2.96. The maximum absolute atomic E-state index is 14.1. The third kappa shape index (κ3) is 3.93. The minimum atomic E-state index is -4.78. The van der Waals surface area contributed by atoms with Crippen LogP contribution in [0.2, 0.25) is 0 Å². The number of rotatable bonds is 4. The number of halogens is 2. The molecule has 162 valence electrons. The number of amides is 3. The molecule has 2 aliphatic rings. The predicted molar refractivity (Wildman–Crippen MR) is 100 cm³/mol. The van der Waals surface area contributed by atoms with Crippen molar-refractivity contribution in [2.75, 3.05) is 18.4 Å². The highest BCUT2D eigenvalue weighted by Crippen LogP contribution is 2.33. The molecule has 1 fully saturated rings. The Morgan fingerprint density at radius 1 is 1.43 bits per heavy atom. The zero-order chi connectivity index (χ0) is 22.2. The van der Waals surface area contributed by atoms with Crippen molar-refractivity contribution in [3.8, 4) is 6.07 Å². The van der Waals surface area contributed by atoms with Gasteiger partial charge in [-0.05, 0) is 26.0 Å². The molecule has 13 heteroatoms. The number of nitrogens with zero attached hydrogens (tertiary/aromatic N) is 2. The average molecular weight is 442 g/mol. The zero-order valence-electron chi connectivity index (χ0n) is 16.1. The Morgan fingerprint density at radius 2 is 2.13 bits per heavy atom. The van der Waals surface area contributed by atoms with Gasteiger partial charge >= 0.3 is 6.03 Å². The first-order valence-corrected chi connectivity index (χ1v) is 10.5. The molecule has 1 aromatic carbocycles. The predicted octanol–water partition coefficient (Wildman–Crippen LogP) is 0.0529. The number of urea groups is 1. The molecule has 0 spiro atoms. The number of hydrogen-bond donors (Lipinski definition) is 4. The number of nitrogens with one attached hydrogen (secondary N) is 4. The van der Waals surface area contributed by atoms with Crippen molar-refractivity contribution in [3.63, 3.8) is 0 Å². The fraction of sp³-hybridized carbons (Fsp3) is 0.471. The molecule has 4 atom stereocenters. The van der Waals surface area contributed by atoms with Crippen LogP contribution in [0.5, 0.6) is 0 Å². The van der Waals surface area contributed by atoms with Gasteiger partial charge in [0.1, 0.15) is 11.4 Å². The van der Waals surface area contributed by atoms with E-state index in [1.165, 1.54) is 0 Å². The summed E-state index contributed by atoms with van der Waals surface area (Å²) in [5, 5.41) is 19.9. The van der Waals surface area contributed by atoms with Crippen LogP contribution in [0.1, 0.15) is 13.8 Å². The fourth-order valence-electron chi connectivity index (χ4n) is 3.32. The van der Waals surface area contributed by atoms with Gasteiger partial charge in [-0.3, -0.25) is 15.4 Å². The van der Waals surface area contributed by atoms with Crippen molar-refractivity contribution in [1.82, 2.24) is 20.3 Å². The van der Waals surface area contributed by atoms with Crippen LogP contribution in [0.3, 0.4) is 0 Å². The maximum atomic E-state index is 14.1. The van der Waals surface area contributed by atoms with E-state index in [0.29, 0.717) is 12.6 Å². The summed E-state index contributed by atoms with van der Waals surface area (Å²) in [6, 6.07) is 1.95. The molecule has 0 bridgehead atoms. The first kappa shape index (κ1) is 21.9. The molecule has 0 aliphatic carbocycles. The van der Waals surface area contributed by atoms with Crippen LogP contribution in [0, 0.1) is 28.9 Å². The molecule has 0 aromatic heterocycles. The lowest BCUT2D eigenvalue weighted by Crippen LogP contribution is -2.64. The molecule has 2 aliphatic heterocycles. The Kier molecular flexibility index (Phi) is 5.93. The Morgan fingerprint density at radius 3 is 2.77 bits per heavy atom. The van der Waals surface area contributed by atoms with E-state index in [1.807, 2.05) is 6.92 Å². The summed E-state index contributed by atoms with van der Waals surface area (Å²) in [5.41, 5.74) is -0.402. The van der Waals surface area contributed by atoms with E-state index in [4.69, 9.17) is 5.26 Å². The second-order valence-corrected chi connectivity index (χ2v) is 8.91. The van der Waals surface area contributed by atoms with E-state index < -0.39 is 62.9 Å². The van der Waals surface area contributed by atoms with Crippen LogP contribution in [-0.2, 0) is 14.8 Å². The monoisotopic (exact) mass is 442 g/mol. The van der Waals surface area contributed by atoms with E-state index in [9.17, 15) is 26.8 Å². The van der Waals surface area contributed by atoms with Crippen molar-refractivity contribution < 1.29 is 26.8 Å². The fourth-order valence-corrected chi connectivity index (χ4v) is 4.81. The molecule has 4 N–H and O–H groups in total. The minimum Gasteiger partial charge on any atom is -0.349 e. The number of carbonyl (C=O) groups excluding carboxylic acids is 2. The number of anilines is 1. The highest BCUT2D eigenvalue weighted by atomic mass is 32.2. The summed E-state index contributed by atoms with van der Waals surface area (Å²) >= 11 is 0. The molecule has 2 heterocycles. The number of nitriles is 1. The molecule has 3 rings (SSSR count). The number of benzene rings is 1. The van der Waals surface area contributed by atoms with Crippen LogP contribution < -0.4 is 21.3 Å². The van der Waals surface area contributed by atoms with Crippen LogP contribution in [0.25, 0.3) is 0 Å². The lowest BCUT2D eigenvalue weighted by molar-refractivity contribution is -0.121. The molecular weight excluding hydrogens is 422 g/mol. The second kappa shape index (κ2) is 8.13. The van der Waals surface area contributed by atoms with Crippen LogP contribution in [-0.4, -0.2) is 56.0 Å². The molecule has 1 aromatic rings. The van der Waals surface area contributed by atoms with E-state index >= 15 is 0 Å². The van der Waals surface area contributed by atoms with Crippen molar-refractivity contribution in [2.45, 2.75) is 37.0 Å². The molecule has 1 saturated heterocycles. The van der Waals surface area contributed by atoms with Gasteiger partial charge in [0.15, 0.2) is 11.6 Å². The van der Waals surface area contributed by atoms with Gasteiger partial charge in [0.2, 0.25) is 5.91 Å². The SMILES string of the molecule is CC1NC([C@H](C)NC(=O)CN2C(=O)Nc3ccc(F)c(F)c3S2(=O)=O)NCC1C#N. The Bertz CT molecular complexity index is 1030. The molecule has 0 saturated carbocycles. The first-order chi connectivity index (χ1) is 14.1. The maximum Gasteiger partial charge on any atom is 0.336 e. The Balaban J connectivity index is 1.71. The van der Waals surface area contributed by atoms with Gasteiger partial charge in [0, 0.05) is 12.6 Å². The summed E-state index contributed by atoms with van der Waals surface area (Å²) in [7, 11) is -4.78. The molecule has 0 radical (unpaired) electrons.